The van der Waals surface area contributed by atoms with Crippen LogP contribution >= 0.6 is 0 Å². The molecule has 4 heteroatoms. The van der Waals surface area contributed by atoms with Crippen LogP contribution in [0.5, 0.6) is 11.5 Å². The van der Waals surface area contributed by atoms with E-state index in [1.54, 1.807) is 24.3 Å². The molecule has 0 aliphatic heterocycles. The summed E-state index contributed by atoms with van der Waals surface area (Å²) in [5.74, 6) is 0.308. The van der Waals surface area contributed by atoms with Gasteiger partial charge in [0.25, 0.3) is 0 Å². The first-order valence-electron chi connectivity index (χ1n) is 5.25. The Labute approximate surface area is 94.8 Å². The third-order valence-corrected chi connectivity index (χ3v) is 1.96. The van der Waals surface area contributed by atoms with E-state index in [0.29, 0.717) is 12.4 Å². The molecule has 88 valence electrons. The van der Waals surface area contributed by atoms with Gasteiger partial charge in [-0.2, -0.15) is 0 Å². The molecular formula is C12H16O4. The number of hydrogen-bond acceptors (Lipinski definition) is 3. The Morgan fingerprint density at radius 3 is 2.38 bits per heavy atom. The van der Waals surface area contributed by atoms with Gasteiger partial charge < -0.3 is 14.6 Å². The number of hydrogen-bond donors (Lipinski definition) is 1. The van der Waals surface area contributed by atoms with Gasteiger partial charge in [-0.3, -0.25) is 0 Å². The van der Waals surface area contributed by atoms with Crippen LogP contribution in [0.4, 0.5) is 0 Å². The molecule has 1 aromatic rings. The van der Waals surface area contributed by atoms with E-state index in [4.69, 9.17) is 14.6 Å². The van der Waals surface area contributed by atoms with Crippen LogP contribution in [0.3, 0.4) is 0 Å². The van der Waals surface area contributed by atoms with E-state index in [-0.39, 0.29) is 0 Å². The molecule has 1 rings (SSSR count). The van der Waals surface area contributed by atoms with E-state index in [0.717, 1.165) is 12.2 Å². The van der Waals surface area contributed by atoms with Crippen molar-refractivity contribution >= 4 is 5.97 Å². The molecule has 0 fully saturated rings. The molecule has 1 aromatic carbocycles. The zero-order valence-corrected chi connectivity index (χ0v) is 9.47. The van der Waals surface area contributed by atoms with Gasteiger partial charge in [0.05, 0.1) is 6.61 Å². The molecule has 0 amide bonds. The standard InChI is InChI=1S/C12H16O4/c1-3-8-15-10-4-6-11(7-5-10)16-9(2)12(13)14/h4-7,9H,3,8H2,1-2H3,(H,13,14)/t9-/m1/s1. The van der Waals surface area contributed by atoms with E-state index in [2.05, 4.69) is 0 Å². The molecule has 1 N–H and O–H groups in total. The molecule has 4 nitrogen and oxygen atoms in total. The average molecular weight is 224 g/mol. The van der Waals surface area contributed by atoms with E-state index < -0.39 is 12.1 Å². The van der Waals surface area contributed by atoms with Gasteiger partial charge in [-0.1, -0.05) is 6.92 Å². The lowest BCUT2D eigenvalue weighted by molar-refractivity contribution is -0.144. The second kappa shape index (κ2) is 6.00. The van der Waals surface area contributed by atoms with Crippen LogP contribution in [-0.2, 0) is 4.79 Å². The Kier molecular flexibility index (Phi) is 4.64. The van der Waals surface area contributed by atoms with Crippen LogP contribution < -0.4 is 9.47 Å². The normalized spacial score (nSPS) is 11.9. The minimum Gasteiger partial charge on any atom is -0.494 e. The lowest BCUT2D eigenvalue weighted by Crippen LogP contribution is -2.22. The predicted octanol–water partition coefficient (Wildman–Crippen LogP) is 2.33. The van der Waals surface area contributed by atoms with Crippen molar-refractivity contribution in [3.05, 3.63) is 24.3 Å². The minimum atomic E-state index is -0.980. The number of carboxylic acids is 1. The quantitative estimate of drug-likeness (QED) is 0.805. The number of aliphatic carboxylic acids is 1. The first kappa shape index (κ1) is 12.4. The largest absolute Gasteiger partial charge is 0.494 e. The predicted molar refractivity (Wildman–Crippen MR) is 60.0 cm³/mol. The number of rotatable bonds is 6. The molecule has 0 heterocycles. The second-order valence-corrected chi connectivity index (χ2v) is 3.42. The van der Waals surface area contributed by atoms with Crippen molar-refractivity contribution in [3.63, 3.8) is 0 Å². The van der Waals surface area contributed by atoms with Gasteiger partial charge in [-0.05, 0) is 37.6 Å². The highest BCUT2D eigenvalue weighted by Gasteiger charge is 2.11. The maximum absolute atomic E-state index is 10.6. The van der Waals surface area contributed by atoms with E-state index in [9.17, 15) is 4.79 Å². The van der Waals surface area contributed by atoms with Crippen molar-refractivity contribution in [2.45, 2.75) is 26.4 Å². The monoisotopic (exact) mass is 224 g/mol. The molecular weight excluding hydrogens is 208 g/mol. The third-order valence-electron chi connectivity index (χ3n) is 1.96. The fourth-order valence-corrected chi connectivity index (χ4v) is 1.09. The van der Waals surface area contributed by atoms with Crippen molar-refractivity contribution in [2.24, 2.45) is 0 Å². The molecule has 16 heavy (non-hydrogen) atoms. The van der Waals surface area contributed by atoms with Crippen LogP contribution in [0.15, 0.2) is 24.3 Å². The van der Waals surface area contributed by atoms with Crippen molar-refractivity contribution in [2.75, 3.05) is 6.61 Å². The van der Waals surface area contributed by atoms with Crippen molar-refractivity contribution in [1.29, 1.82) is 0 Å². The summed E-state index contributed by atoms with van der Waals surface area (Å²) >= 11 is 0. The number of carbonyl (C=O) groups is 1. The zero-order valence-electron chi connectivity index (χ0n) is 9.47. The topological polar surface area (TPSA) is 55.8 Å². The Bertz CT molecular complexity index is 331. The summed E-state index contributed by atoms with van der Waals surface area (Å²) in [4.78, 5) is 10.6. The molecule has 1 atom stereocenters. The van der Waals surface area contributed by atoms with E-state index in [1.165, 1.54) is 6.92 Å². The Morgan fingerprint density at radius 2 is 1.88 bits per heavy atom. The first-order valence-corrected chi connectivity index (χ1v) is 5.25. The number of carboxylic acid groups (broad SMARTS) is 1. The molecule has 0 saturated carbocycles. The van der Waals surface area contributed by atoms with Gasteiger partial charge in [0, 0.05) is 0 Å². The molecule has 0 spiro atoms. The number of ether oxygens (including phenoxy) is 2. The van der Waals surface area contributed by atoms with Crippen LogP contribution in [0.1, 0.15) is 20.3 Å². The Balaban J connectivity index is 2.54. The second-order valence-electron chi connectivity index (χ2n) is 3.42. The highest BCUT2D eigenvalue weighted by Crippen LogP contribution is 2.18. The van der Waals surface area contributed by atoms with Gasteiger partial charge in [0.1, 0.15) is 11.5 Å². The van der Waals surface area contributed by atoms with Gasteiger partial charge >= 0.3 is 5.97 Å². The van der Waals surface area contributed by atoms with Crippen molar-refractivity contribution in [1.82, 2.24) is 0 Å². The fourth-order valence-electron chi connectivity index (χ4n) is 1.09. The highest BCUT2D eigenvalue weighted by atomic mass is 16.5. The average Bonchev–Trinajstić information content (AvgIpc) is 2.28. The van der Waals surface area contributed by atoms with Gasteiger partial charge in [0.15, 0.2) is 6.10 Å². The summed E-state index contributed by atoms with van der Waals surface area (Å²) in [5.41, 5.74) is 0. The summed E-state index contributed by atoms with van der Waals surface area (Å²) in [5, 5.41) is 8.66. The van der Waals surface area contributed by atoms with Crippen LogP contribution in [0, 0.1) is 0 Å². The third kappa shape index (κ3) is 3.81. The summed E-state index contributed by atoms with van der Waals surface area (Å²) in [6.45, 7) is 4.20. The lowest BCUT2D eigenvalue weighted by Gasteiger charge is -2.11. The highest BCUT2D eigenvalue weighted by molar-refractivity contribution is 5.72. The van der Waals surface area contributed by atoms with Crippen LogP contribution in [-0.4, -0.2) is 23.8 Å². The van der Waals surface area contributed by atoms with Crippen LogP contribution in [0.2, 0.25) is 0 Å². The zero-order chi connectivity index (χ0) is 12.0. The lowest BCUT2D eigenvalue weighted by atomic mass is 10.3. The summed E-state index contributed by atoms with van der Waals surface area (Å²) < 4.78 is 10.6. The summed E-state index contributed by atoms with van der Waals surface area (Å²) in [7, 11) is 0. The molecule has 0 aliphatic rings. The molecule has 0 radical (unpaired) electrons. The summed E-state index contributed by atoms with van der Waals surface area (Å²) in [6.07, 6.45) is 0.108. The summed E-state index contributed by atoms with van der Waals surface area (Å²) in [6, 6.07) is 6.92. The molecule has 0 bridgehead atoms. The van der Waals surface area contributed by atoms with E-state index >= 15 is 0 Å². The number of benzene rings is 1. The molecule has 0 saturated heterocycles. The Morgan fingerprint density at radius 1 is 1.31 bits per heavy atom. The SMILES string of the molecule is CCCOc1ccc(O[C@H](C)C(=O)O)cc1. The minimum absolute atomic E-state index is 0.527. The van der Waals surface area contributed by atoms with Gasteiger partial charge in [-0.15, -0.1) is 0 Å². The maximum atomic E-state index is 10.6. The van der Waals surface area contributed by atoms with Gasteiger partial charge in [-0.25, -0.2) is 4.79 Å². The smallest absolute Gasteiger partial charge is 0.344 e. The Hall–Kier alpha value is -1.71. The fraction of sp³-hybridized carbons (Fsp3) is 0.417. The van der Waals surface area contributed by atoms with Crippen LogP contribution in [0.25, 0.3) is 0 Å². The van der Waals surface area contributed by atoms with Gasteiger partial charge in [0.2, 0.25) is 0 Å². The molecule has 0 aromatic heterocycles. The molecule has 0 aliphatic carbocycles. The molecule has 0 unspecified atom stereocenters. The maximum Gasteiger partial charge on any atom is 0.344 e. The first-order chi connectivity index (χ1) is 7.63. The van der Waals surface area contributed by atoms with Crippen molar-refractivity contribution in [3.8, 4) is 11.5 Å². The van der Waals surface area contributed by atoms with Crippen molar-refractivity contribution < 1.29 is 19.4 Å². The van der Waals surface area contributed by atoms with E-state index in [1.807, 2.05) is 6.92 Å².